The number of nitrogens with zero attached hydrogens (tertiary/aromatic N) is 1. The van der Waals surface area contributed by atoms with Crippen LogP contribution in [0.2, 0.25) is 0 Å². The topological polar surface area (TPSA) is 20.3 Å². The quantitative estimate of drug-likeness (QED) is 0.743. The largest absolute Gasteiger partial charge is 0.303 e. The van der Waals surface area contributed by atoms with Crippen LogP contribution in [0.5, 0.6) is 0 Å². The number of benzene rings is 2. The van der Waals surface area contributed by atoms with Gasteiger partial charge in [-0.1, -0.05) is 48.5 Å². The molecule has 1 heterocycles. The van der Waals surface area contributed by atoms with Crippen LogP contribution in [0.1, 0.15) is 25.5 Å². The van der Waals surface area contributed by atoms with Crippen molar-refractivity contribution in [2.45, 2.75) is 19.9 Å². The van der Waals surface area contributed by atoms with Crippen LogP contribution in [0, 0.1) is 5.41 Å². The van der Waals surface area contributed by atoms with Gasteiger partial charge in [-0.3, -0.25) is 4.79 Å². The highest BCUT2D eigenvalue weighted by Crippen LogP contribution is 2.51. The van der Waals surface area contributed by atoms with Crippen molar-refractivity contribution in [3.63, 3.8) is 0 Å². The lowest BCUT2D eigenvalue weighted by molar-refractivity contribution is -0.137. The lowest BCUT2D eigenvalue weighted by atomic mass is 9.70. The molecule has 1 saturated heterocycles. The third-order valence-electron chi connectivity index (χ3n) is 3.86. The number of rotatable bonds is 2. The van der Waals surface area contributed by atoms with Crippen LogP contribution < -0.4 is 4.90 Å². The number of para-hydroxylation sites is 1. The average molecular weight is 251 g/mol. The summed E-state index contributed by atoms with van der Waals surface area (Å²) in [5, 5.41) is 0. The minimum absolute atomic E-state index is 0.114. The number of hydrogen-bond donors (Lipinski definition) is 0. The van der Waals surface area contributed by atoms with E-state index in [4.69, 9.17) is 0 Å². The maximum atomic E-state index is 12.4. The normalized spacial score (nSPS) is 21.1. The van der Waals surface area contributed by atoms with Gasteiger partial charge in [-0.25, -0.2) is 0 Å². The van der Waals surface area contributed by atoms with E-state index in [0.717, 1.165) is 5.69 Å². The molecule has 1 fully saturated rings. The summed E-state index contributed by atoms with van der Waals surface area (Å²) in [6.45, 7) is 4.04. The Labute approximate surface area is 113 Å². The standard InChI is InChI=1S/C17H17NO/c1-17(2)15(13-9-5-3-6-10-13)18(16(17)19)14-11-7-4-8-12-14/h3-12,15H,1-2H3/t15-/m1/s1. The first-order valence-electron chi connectivity index (χ1n) is 6.56. The molecule has 0 bridgehead atoms. The first-order valence-corrected chi connectivity index (χ1v) is 6.56. The van der Waals surface area contributed by atoms with Crippen molar-refractivity contribution in [2.24, 2.45) is 5.41 Å². The zero-order valence-electron chi connectivity index (χ0n) is 11.2. The van der Waals surface area contributed by atoms with Gasteiger partial charge in [0.25, 0.3) is 0 Å². The Morgan fingerprint density at radius 1 is 0.895 bits per heavy atom. The number of β-lactam (4-membered cyclic amide) rings is 1. The molecule has 0 aromatic heterocycles. The third-order valence-corrected chi connectivity index (χ3v) is 3.86. The summed E-state index contributed by atoms with van der Waals surface area (Å²) in [5.41, 5.74) is 1.83. The summed E-state index contributed by atoms with van der Waals surface area (Å²) >= 11 is 0. The van der Waals surface area contributed by atoms with Crippen molar-refractivity contribution >= 4 is 11.6 Å². The van der Waals surface area contributed by atoms with Gasteiger partial charge in [-0.2, -0.15) is 0 Å². The molecule has 1 atom stereocenters. The van der Waals surface area contributed by atoms with Crippen molar-refractivity contribution < 1.29 is 4.79 Å². The molecule has 0 spiro atoms. The van der Waals surface area contributed by atoms with Gasteiger partial charge in [0, 0.05) is 5.69 Å². The molecule has 0 unspecified atom stereocenters. The fourth-order valence-corrected chi connectivity index (χ4v) is 2.86. The highest BCUT2D eigenvalue weighted by molar-refractivity contribution is 6.05. The molecule has 0 N–H and O–H groups in total. The van der Waals surface area contributed by atoms with Crippen molar-refractivity contribution in [1.29, 1.82) is 0 Å². The highest BCUT2D eigenvalue weighted by atomic mass is 16.2. The van der Waals surface area contributed by atoms with E-state index in [1.165, 1.54) is 5.56 Å². The van der Waals surface area contributed by atoms with E-state index in [0.29, 0.717) is 0 Å². The summed E-state index contributed by atoms with van der Waals surface area (Å²) in [6, 6.07) is 20.2. The van der Waals surface area contributed by atoms with Crippen LogP contribution in [0.3, 0.4) is 0 Å². The number of anilines is 1. The van der Waals surface area contributed by atoms with Crippen LogP contribution in [0.25, 0.3) is 0 Å². The van der Waals surface area contributed by atoms with Crippen LogP contribution in [-0.2, 0) is 4.79 Å². The van der Waals surface area contributed by atoms with Gasteiger partial charge >= 0.3 is 0 Å². The molecule has 0 saturated carbocycles. The van der Waals surface area contributed by atoms with E-state index in [1.807, 2.05) is 67.3 Å². The Balaban J connectivity index is 2.03. The molecule has 2 heteroatoms. The zero-order chi connectivity index (χ0) is 13.5. The number of amides is 1. The van der Waals surface area contributed by atoms with Crippen molar-refractivity contribution in [3.8, 4) is 0 Å². The van der Waals surface area contributed by atoms with Crippen LogP contribution in [-0.4, -0.2) is 5.91 Å². The Morgan fingerprint density at radius 3 is 2.00 bits per heavy atom. The van der Waals surface area contributed by atoms with Gasteiger partial charge in [0.05, 0.1) is 11.5 Å². The predicted molar refractivity (Wildman–Crippen MR) is 76.9 cm³/mol. The highest BCUT2D eigenvalue weighted by Gasteiger charge is 2.55. The lowest BCUT2D eigenvalue weighted by Crippen LogP contribution is -2.61. The molecule has 0 radical (unpaired) electrons. The van der Waals surface area contributed by atoms with Crippen molar-refractivity contribution in [2.75, 3.05) is 4.90 Å². The molecule has 96 valence electrons. The van der Waals surface area contributed by atoms with Gasteiger partial charge in [-0.15, -0.1) is 0 Å². The second-order valence-electron chi connectivity index (χ2n) is 5.55. The molecule has 2 nitrogen and oxygen atoms in total. The van der Waals surface area contributed by atoms with E-state index in [-0.39, 0.29) is 17.4 Å². The van der Waals surface area contributed by atoms with Crippen LogP contribution in [0.15, 0.2) is 60.7 Å². The first-order chi connectivity index (χ1) is 9.12. The predicted octanol–water partition coefficient (Wildman–Crippen LogP) is 3.80. The van der Waals surface area contributed by atoms with E-state index < -0.39 is 0 Å². The van der Waals surface area contributed by atoms with Gasteiger partial charge in [0.1, 0.15) is 0 Å². The molecule has 1 aliphatic heterocycles. The van der Waals surface area contributed by atoms with Gasteiger partial charge in [0.2, 0.25) is 5.91 Å². The monoisotopic (exact) mass is 251 g/mol. The Bertz CT molecular complexity index is 589. The minimum Gasteiger partial charge on any atom is -0.303 e. The first kappa shape index (κ1) is 12.0. The van der Waals surface area contributed by atoms with E-state index in [1.54, 1.807) is 0 Å². The van der Waals surface area contributed by atoms with E-state index in [9.17, 15) is 4.79 Å². The van der Waals surface area contributed by atoms with Gasteiger partial charge in [0.15, 0.2) is 0 Å². The second kappa shape index (κ2) is 4.23. The van der Waals surface area contributed by atoms with Crippen molar-refractivity contribution in [3.05, 3.63) is 66.2 Å². The SMILES string of the molecule is CC1(C)C(=O)N(c2ccccc2)[C@@H]1c1ccccc1. The van der Waals surface area contributed by atoms with Crippen LogP contribution >= 0.6 is 0 Å². The Hall–Kier alpha value is -2.09. The van der Waals surface area contributed by atoms with E-state index >= 15 is 0 Å². The summed E-state index contributed by atoms with van der Waals surface area (Å²) in [5.74, 6) is 0.188. The number of carbonyl (C=O) groups excluding carboxylic acids is 1. The summed E-state index contributed by atoms with van der Waals surface area (Å²) in [4.78, 5) is 14.3. The van der Waals surface area contributed by atoms with Crippen molar-refractivity contribution in [1.82, 2.24) is 0 Å². The van der Waals surface area contributed by atoms with Gasteiger partial charge < -0.3 is 4.90 Å². The van der Waals surface area contributed by atoms with Gasteiger partial charge in [-0.05, 0) is 31.5 Å². The molecule has 1 aliphatic rings. The molecule has 0 aliphatic carbocycles. The van der Waals surface area contributed by atoms with Crippen LogP contribution in [0.4, 0.5) is 5.69 Å². The van der Waals surface area contributed by atoms with E-state index in [2.05, 4.69) is 12.1 Å². The molecule has 2 aromatic carbocycles. The summed E-state index contributed by atoms with van der Waals surface area (Å²) in [7, 11) is 0. The lowest BCUT2D eigenvalue weighted by Gasteiger charge is -2.53. The Morgan fingerprint density at radius 2 is 1.42 bits per heavy atom. The number of carbonyl (C=O) groups is 1. The molecular weight excluding hydrogens is 234 g/mol. The zero-order valence-corrected chi connectivity index (χ0v) is 11.2. The Kier molecular flexibility index (Phi) is 2.67. The molecule has 1 amide bonds. The molecular formula is C17H17NO. The smallest absolute Gasteiger partial charge is 0.235 e. The number of hydrogen-bond acceptors (Lipinski definition) is 1. The maximum absolute atomic E-state index is 12.4. The fourth-order valence-electron chi connectivity index (χ4n) is 2.86. The summed E-state index contributed by atoms with van der Waals surface area (Å²) < 4.78 is 0. The fraction of sp³-hybridized carbons (Fsp3) is 0.235. The second-order valence-corrected chi connectivity index (χ2v) is 5.55. The molecule has 3 rings (SSSR count). The third kappa shape index (κ3) is 1.75. The molecule has 2 aromatic rings. The summed E-state index contributed by atoms with van der Waals surface area (Å²) in [6.07, 6.45) is 0. The maximum Gasteiger partial charge on any atom is 0.235 e. The molecule has 19 heavy (non-hydrogen) atoms. The average Bonchev–Trinajstić information content (AvgIpc) is 2.45. The minimum atomic E-state index is -0.336.